The normalized spacial score (nSPS) is 14.4. The number of halogens is 1. The molecule has 1 N–H and O–H groups in total. The molecule has 0 aliphatic rings. The van der Waals surface area contributed by atoms with E-state index in [4.69, 9.17) is 0 Å². The van der Waals surface area contributed by atoms with Gasteiger partial charge in [-0.2, -0.15) is 0 Å². The minimum Gasteiger partial charge on any atom is -0.385 e. The van der Waals surface area contributed by atoms with Crippen LogP contribution in [0, 0.1) is 12.7 Å². The van der Waals surface area contributed by atoms with Crippen molar-refractivity contribution >= 4 is 11.3 Å². The van der Waals surface area contributed by atoms with E-state index in [9.17, 15) is 9.50 Å². The second kappa shape index (κ2) is 5.43. The van der Waals surface area contributed by atoms with E-state index in [1.165, 1.54) is 10.9 Å². The van der Waals surface area contributed by atoms with Gasteiger partial charge in [0.2, 0.25) is 0 Å². The monoisotopic (exact) mass is 278 g/mol. The maximum Gasteiger partial charge on any atom is 0.126 e. The van der Waals surface area contributed by atoms with Gasteiger partial charge in [-0.3, -0.25) is 0 Å². The fourth-order valence-corrected chi connectivity index (χ4v) is 3.18. The van der Waals surface area contributed by atoms with Crippen LogP contribution in [-0.2, 0) is 18.4 Å². The van der Waals surface area contributed by atoms with Crippen molar-refractivity contribution in [2.45, 2.75) is 39.2 Å². The van der Waals surface area contributed by atoms with Crippen molar-refractivity contribution in [1.29, 1.82) is 0 Å². The molecule has 2 aromatic rings. The molecule has 1 aromatic carbocycles. The lowest BCUT2D eigenvalue weighted by molar-refractivity contribution is 0.0581. The maximum absolute atomic E-state index is 13.6. The Hall–Kier alpha value is -1.19. The van der Waals surface area contributed by atoms with E-state index >= 15 is 0 Å². The van der Waals surface area contributed by atoms with E-state index in [0.29, 0.717) is 17.5 Å². The molecule has 0 fully saturated rings. The van der Waals surface area contributed by atoms with Crippen molar-refractivity contribution in [3.05, 3.63) is 57.0 Å². The summed E-state index contributed by atoms with van der Waals surface area (Å²) < 4.78 is 13.6. The summed E-state index contributed by atoms with van der Waals surface area (Å²) in [7, 11) is 0. The van der Waals surface area contributed by atoms with Gasteiger partial charge in [0.1, 0.15) is 5.82 Å². The summed E-state index contributed by atoms with van der Waals surface area (Å²) in [5, 5.41) is 10.6. The van der Waals surface area contributed by atoms with Gasteiger partial charge in [-0.1, -0.05) is 19.1 Å². The highest BCUT2D eigenvalue weighted by Crippen LogP contribution is 2.29. The van der Waals surface area contributed by atoms with E-state index in [1.54, 1.807) is 37.3 Å². The van der Waals surface area contributed by atoms with Crippen LogP contribution in [0.4, 0.5) is 4.39 Å². The number of benzene rings is 1. The van der Waals surface area contributed by atoms with Gasteiger partial charge in [0.25, 0.3) is 0 Å². The Labute approximate surface area is 117 Å². The molecule has 0 radical (unpaired) electrons. The van der Waals surface area contributed by atoms with Crippen LogP contribution in [0.5, 0.6) is 0 Å². The Morgan fingerprint density at radius 1 is 1.21 bits per heavy atom. The summed E-state index contributed by atoms with van der Waals surface area (Å²) in [4.78, 5) is 2.43. The van der Waals surface area contributed by atoms with Crippen molar-refractivity contribution < 1.29 is 9.50 Å². The molecule has 0 saturated carbocycles. The summed E-state index contributed by atoms with van der Waals surface area (Å²) in [5.74, 6) is -0.266. The fourth-order valence-electron chi connectivity index (χ4n) is 2.08. The molecule has 0 bridgehead atoms. The lowest BCUT2D eigenvalue weighted by Gasteiger charge is -2.23. The molecule has 102 valence electrons. The number of aliphatic hydroxyl groups is 1. The van der Waals surface area contributed by atoms with E-state index in [2.05, 4.69) is 13.0 Å². The highest BCUT2D eigenvalue weighted by atomic mass is 32.1. The Kier molecular flexibility index (Phi) is 4.07. The topological polar surface area (TPSA) is 20.2 Å². The molecule has 1 unspecified atom stereocenters. The Morgan fingerprint density at radius 3 is 2.47 bits per heavy atom. The summed E-state index contributed by atoms with van der Waals surface area (Å²) in [6, 6.07) is 9.08. The number of aryl methyl sites for hydroxylation is 2. The van der Waals surface area contributed by atoms with Crippen molar-refractivity contribution in [2.24, 2.45) is 0 Å². The van der Waals surface area contributed by atoms with Crippen LogP contribution < -0.4 is 0 Å². The third kappa shape index (κ3) is 3.23. The minimum atomic E-state index is -1.04. The van der Waals surface area contributed by atoms with Crippen LogP contribution in [0.1, 0.15) is 34.7 Å². The highest BCUT2D eigenvalue weighted by molar-refractivity contribution is 7.12. The zero-order chi connectivity index (χ0) is 14.0. The number of thiophene rings is 1. The summed E-state index contributed by atoms with van der Waals surface area (Å²) in [6.45, 7) is 5.58. The van der Waals surface area contributed by atoms with Gasteiger partial charge in [0.05, 0.1) is 5.60 Å². The first-order valence-corrected chi connectivity index (χ1v) is 7.30. The van der Waals surface area contributed by atoms with E-state index in [1.807, 2.05) is 6.07 Å². The van der Waals surface area contributed by atoms with Crippen LogP contribution in [0.25, 0.3) is 0 Å². The van der Waals surface area contributed by atoms with E-state index in [-0.39, 0.29) is 5.82 Å². The van der Waals surface area contributed by atoms with Gasteiger partial charge in [0, 0.05) is 16.2 Å². The average Bonchev–Trinajstić information content (AvgIpc) is 2.79. The average molecular weight is 278 g/mol. The van der Waals surface area contributed by atoms with Gasteiger partial charge in [0.15, 0.2) is 0 Å². The van der Waals surface area contributed by atoms with Gasteiger partial charge in [-0.15, -0.1) is 11.3 Å². The number of hydrogen-bond acceptors (Lipinski definition) is 2. The molecule has 0 saturated heterocycles. The first-order chi connectivity index (χ1) is 8.92. The Bertz CT molecular complexity index is 572. The SMILES string of the molecule is CCc1ccc(CC(C)(O)c2ccc(C)c(F)c2)s1. The molecule has 1 nitrogen and oxygen atoms in total. The molecule has 0 amide bonds. The quantitative estimate of drug-likeness (QED) is 0.888. The summed E-state index contributed by atoms with van der Waals surface area (Å²) in [6.07, 6.45) is 1.52. The standard InChI is InChI=1S/C16H19FOS/c1-4-13-7-8-14(19-13)10-16(3,18)12-6-5-11(2)15(17)9-12/h5-9,18H,4,10H2,1-3H3. The van der Waals surface area contributed by atoms with E-state index < -0.39 is 5.60 Å². The summed E-state index contributed by atoms with van der Waals surface area (Å²) in [5.41, 5.74) is 0.190. The van der Waals surface area contributed by atoms with Crippen molar-refractivity contribution in [3.63, 3.8) is 0 Å². The molecular formula is C16H19FOS. The van der Waals surface area contributed by atoms with Crippen molar-refractivity contribution in [1.82, 2.24) is 0 Å². The molecule has 1 atom stereocenters. The summed E-state index contributed by atoms with van der Waals surface area (Å²) >= 11 is 1.71. The van der Waals surface area contributed by atoms with Crippen LogP contribution in [0.3, 0.4) is 0 Å². The molecule has 19 heavy (non-hydrogen) atoms. The molecule has 0 aliphatic carbocycles. The zero-order valence-electron chi connectivity index (χ0n) is 11.5. The Morgan fingerprint density at radius 2 is 1.89 bits per heavy atom. The molecule has 0 aliphatic heterocycles. The highest BCUT2D eigenvalue weighted by Gasteiger charge is 2.25. The van der Waals surface area contributed by atoms with Gasteiger partial charge in [-0.25, -0.2) is 4.39 Å². The number of hydrogen-bond donors (Lipinski definition) is 1. The third-order valence-corrected chi connectivity index (χ3v) is 4.61. The van der Waals surface area contributed by atoms with Crippen LogP contribution in [0.2, 0.25) is 0 Å². The van der Waals surface area contributed by atoms with Crippen LogP contribution in [0.15, 0.2) is 30.3 Å². The van der Waals surface area contributed by atoms with E-state index in [0.717, 1.165) is 11.3 Å². The molecule has 1 aromatic heterocycles. The van der Waals surface area contributed by atoms with Crippen molar-refractivity contribution in [2.75, 3.05) is 0 Å². The zero-order valence-corrected chi connectivity index (χ0v) is 12.4. The van der Waals surface area contributed by atoms with Crippen LogP contribution in [-0.4, -0.2) is 5.11 Å². The second-order valence-electron chi connectivity index (χ2n) is 5.14. The fraction of sp³-hybridized carbons (Fsp3) is 0.375. The first-order valence-electron chi connectivity index (χ1n) is 6.49. The van der Waals surface area contributed by atoms with Crippen molar-refractivity contribution in [3.8, 4) is 0 Å². The third-order valence-electron chi connectivity index (χ3n) is 3.38. The first kappa shape index (κ1) is 14.2. The molecule has 2 rings (SSSR count). The number of rotatable bonds is 4. The predicted molar refractivity (Wildman–Crippen MR) is 78.1 cm³/mol. The Balaban J connectivity index is 2.23. The second-order valence-corrected chi connectivity index (χ2v) is 6.39. The lowest BCUT2D eigenvalue weighted by atomic mass is 9.91. The predicted octanol–water partition coefficient (Wildman–Crippen LogP) is 4.21. The van der Waals surface area contributed by atoms with Crippen LogP contribution >= 0.6 is 11.3 Å². The largest absolute Gasteiger partial charge is 0.385 e. The van der Waals surface area contributed by atoms with Gasteiger partial charge in [-0.05, 0) is 49.6 Å². The lowest BCUT2D eigenvalue weighted by Crippen LogP contribution is -2.24. The maximum atomic E-state index is 13.6. The minimum absolute atomic E-state index is 0.266. The molecular weight excluding hydrogens is 259 g/mol. The molecule has 0 spiro atoms. The smallest absolute Gasteiger partial charge is 0.126 e. The van der Waals surface area contributed by atoms with Gasteiger partial charge < -0.3 is 5.11 Å². The van der Waals surface area contributed by atoms with Gasteiger partial charge >= 0.3 is 0 Å². The molecule has 1 heterocycles. The molecule has 3 heteroatoms.